The molecule has 4 aliphatic rings. The largest absolute Gasteiger partial charge is 0.311 e. The summed E-state index contributed by atoms with van der Waals surface area (Å²) in [4.78, 5) is 0. The van der Waals surface area contributed by atoms with E-state index in [4.69, 9.17) is 0 Å². The summed E-state index contributed by atoms with van der Waals surface area (Å²) in [5, 5.41) is 4.00. The standard InChI is InChI=1S/C13H21N/c1-2-8-6-10(8)12(3-1)14-13-5-4-9-7-11(9)13/h8-14H,1-7H2/t8-,9?,10+,11?,12?,13?/m0/s1. The molecule has 0 aromatic heterocycles. The van der Waals surface area contributed by atoms with Crippen molar-refractivity contribution in [2.45, 2.75) is 57.0 Å². The Morgan fingerprint density at radius 1 is 0.714 bits per heavy atom. The summed E-state index contributed by atoms with van der Waals surface area (Å²) in [7, 11) is 0. The molecule has 0 aromatic carbocycles. The number of hydrogen-bond donors (Lipinski definition) is 1. The Labute approximate surface area is 86.6 Å². The molecule has 1 heteroatoms. The van der Waals surface area contributed by atoms with Gasteiger partial charge in [-0.05, 0) is 55.8 Å². The van der Waals surface area contributed by atoms with Gasteiger partial charge in [0.05, 0.1) is 0 Å². The molecule has 0 bridgehead atoms. The van der Waals surface area contributed by atoms with Gasteiger partial charge in [-0.15, -0.1) is 0 Å². The van der Waals surface area contributed by atoms with Crippen LogP contribution in [0.25, 0.3) is 0 Å². The van der Waals surface area contributed by atoms with Crippen LogP contribution in [0, 0.1) is 23.7 Å². The molecule has 0 saturated heterocycles. The van der Waals surface area contributed by atoms with Crippen LogP contribution in [0.15, 0.2) is 0 Å². The van der Waals surface area contributed by atoms with Crippen LogP contribution in [-0.2, 0) is 0 Å². The first-order valence-corrected chi connectivity index (χ1v) is 6.68. The molecular formula is C13H21N. The zero-order chi connectivity index (χ0) is 9.12. The Morgan fingerprint density at radius 2 is 1.43 bits per heavy atom. The molecule has 4 saturated carbocycles. The number of rotatable bonds is 2. The molecule has 0 aromatic rings. The van der Waals surface area contributed by atoms with Crippen LogP contribution < -0.4 is 5.32 Å². The molecule has 1 N–H and O–H groups in total. The summed E-state index contributed by atoms with van der Waals surface area (Å²) in [6, 6.07) is 1.86. The molecule has 0 amide bonds. The first-order chi connectivity index (χ1) is 6.92. The van der Waals surface area contributed by atoms with Crippen LogP contribution in [0.3, 0.4) is 0 Å². The zero-order valence-corrected chi connectivity index (χ0v) is 8.91. The maximum atomic E-state index is 4.00. The summed E-state index contributed by atoms with van der Waals surface area (Å²) in [6.07, 6.45) is 10.7. The van der Waals surface area contributed by atoms with E-state index in [0.29, 0.717) is 0 Å². The van der Waals surface area contributed by atoms with E-state index in [9.17, 15) is 0 Å². The quantitative estimate of drug-likeness (QED) is 0.707. The van der Waals surface area contributed by atoms with E-state index in [-0.39, 0.29) is 0 Å². The zero-order valence-electron chi connectivity index (χ0n) is 8.91. The molecule has 4 rings (SSSR count). The summed E-state index contributed by atoms with van der Waals surface area (Å²) in [5.41, 5.74) is 0. The summed E-state index contributed by atoms with van der Waals surface area (Å²) in [6.45, 7) is 0. The fraction of sp³-hybridized carbons (Fsp3) is 1.00. The molecule has 14 heavy (non-hydrogen) atoms. The highest BCUT2D eigenvalue weighted by Crippen LogP contribution is 2.54. The van der Waals surface area contributed by atoms with Crippen molar-refractivity contribution in [3.63, 3.8) is 0 Å². The molecule has 4 fully saturated rings. The van der Waals surface area contributed by atoms with Crippen molar-refractivity contribution in [2.24, 2.45) is 23.7 Å². The van der Waals surface area contributed by atoms with Gasteiger partial charge in [-0.2, -0.15) is 0 Å². The molecule has 1 nitrogen and oxygen atoms in total. The van der Waals surface area contributed by atoms with Gasteiger partial charge in [-0.3, -0.25) is 0 Å². The van der Waals surface area contributed by atoms with Gasteiger partial charge in [-0.25, -0.2) is 0 Å². The molecule has 6 atom stereocenters. The highest BCUT2D eigenvalue weighted by Gasteiger charge is 2.51. The number of fused-ring (bicyclic) bond motifs is 2. The van der Waals surface area contributed by atoms with E-state index >= 15 is 0 Å². The Hall–Kier alpha value is -0.0400. The van der Waals surface area contributed by atoms with Crippen molar-refractivity contribution in [1.82, 2.24) is 5.32 Å². The van der Waals surface area contributed by atoms with E-state index in [2.05, 4.69) is 5.32 Å². The average Bonchev–Trinajstić information content (AvgIpc) is 3.08. The SMILES string of the molecule is C1CC(NC2CCC3CC32)[C@@H]2C[C@@H]2C1. The van der Waals surface area contributed by atoms with Crippen molar-refractivity contribution in [3.05, 3.63) is 0 Å². The van der Waals surface area contributed by atoms with E-state index in [1.54, 1.807) is 19.3 Å². The lowest BCUT2D eigenvalue weighted by molar-refractivity contribution is 0.308. The van der Waals surface area contributed by atoms with Gasteiger partial charge in [-0.1, -0.05) is 12.8 Å². The lowest BCUT2D eigenvalue weighted by Gasteiger charge is -2.27. The fourth-order valence-corrected chi connectivity index (χ4v) is 4.30. The maximum absolute atomic E-state index is 4.00. The van der Waals surface area contributed by atoms with Gasteiger partial charge < -0.3 is 5.32 Å². The average molecular weight is 191 g/mol. The van der Waals surface area contributed by atoms with Crippen LogP contribution in [0.1, 0.15) is 44.9 Å². The molecule has 4 aliphatic carbocycles. The van der Waals surface area contributed by atoms with Crippen molar-refractivity contribution >= 4 is 0 Å². The highest BCUT2D eigenvalue weighted by molar-refractivity contribution is 5.05. The molecule has 0 aliphatic heterocycles. The summed E-state index contributed by atoms with van der Waals surface area (Å²) in [5.74, 6) is 4.49. The first-order valence-electron chi connectivity index (χ1n) is 6.68. The van der Waals surface area contributed by atoms with Crippen LogP contribution in [0.5, 0.6) is 0 Å². The third kappa shape index (κ3) is 1.18. The molecule has 0 heterocycles. The van der Waals surface area contributed by atoms with Gasteiger partial charge in [0, 0.05) is 12.1 Å². The summed E-state index contributed by atoms with van der Waals surface area (Å²) >= 11 is 0. The second-order valence-corrected chi connectivity index (χ2v) is 6.21. The van der Waals surface area contributed by atoms with E-state index in [1.807, 2.05) is 0 Å². The monoisotopic (exact) mass is 191 g/mol. The Kier molecular flexibility index (Phi) is 1.60. The van der Waals surface area contributed by atoms with Crippen LogP contribution in [0.4, 0.5) is 0 Å². The van der Waals surface area contributed by atoms with Gasteiger partial charge >= 0.3 is 0 Å². The Bertz CT molecular complexity index is 250. The second-order valence-electron chi connectivity index (χ2n) is 6.21. The predicted octanol–water partition coefficient (Wildman–Crippen LogP) is 2.56. The minimum Gasteiger partial charge on any atom is -0.311 e. The Morgan fingerprint density at radius 3 is 2.14 bits per heavy atom. The third-order valence-electron chi connectivity index (χ3n) is 5.35. The number of hydrogen-bond acceptors (Lipinski definition) is 1. The van der Waals surface area contributed by atoms with Crippen LogP contribution >= 0.6 is 0 Å². The van der Waals surface area contributed by atoms with Gasteiger partial charge in [0.25, 0.3) is 0 Å². The molecule has 4 unspecified atom stereocenters. The van der Waals surface area contributed by atoms with Crippen LogP contribution in [-0.4, -0.2) is 12.1 Å². The van der Waals surface area contributed by atoms with E-state index in [0.717, 1.165) is 35.8 Å². The van der Waals surface area contributed by atoms with Crippen LogP contribution in [0.2, 0.25) is 0 Å². The van der Waals surface area contributed by atoms with E-state index in [1.165, 1.54) is 25.7 Å². The topological polar surface area (TPSA) is 12.0 Å². The highest BCUT2D eigenvalue weighted by atomic mass is 15.0. The predicted molar refractivity (Wildman–Crippen MR) is 57.0 cm³/mol. The normalized spacial score (nSPS) is 59.1. The minimum absolute atomic E-state index is 0.929. The van der Waals surface area contributed by atoms with Gasteiger partial charge in [0.2, 0.25) is 0 Å². The van der Waals surface area contributed by atoms with E-state index < -0.39 is 0 Å². The summed E-state index contributed by atoms with van der Waals surface area (Å²) < 4.78 is 0. The molecular weight excluding hydrogens is 170 g/mol. The van der Waals surface area contributed by atoms with Gasteiger partial charge in [0.15, 0.2) is 0 Å². The fourth-order valence-electron chi connectivity index (χ4n) is 4.30. The molecule has 0 radical (unpaired) electrons. The minimum atomic E-state index is 0.929. The second kappa shape index (κ2) is 2.75. The van der Waals surface area contributed by atoms with Crippen molar-refractivity contribution in [3.8, 4) is 0 Å². The lowest BCUT2D eigenvalue weighted by Crippen LogP contribution is -2.41. The lowest BCUT2D eigenvalue weighted by atomic mass is 9.94. The number of nitrogens with one attached hydrogen (secondary N) is 1. The first kappa shape index (κ1) is 8.15. The molecule has 78 valence electrons. The smallest absolute Gasteiger partial charge is 0.0101 e. The van der Waals surface area contributed by atoms with Crippen molar-refractivity contribution < 1.29 is 0 Å². The maximum Gasteiger partial charge on any atom is 0.0101 e. The Balaban J connectivity index is 1.39. The van der Waals surface area contributed by atoms with Gasteiger partial charge in [0.1, 0.15) is 0 Å². The third-order valence-corrected chi connectivity index (χ3v) is 5.35. The van der Waals surface area contributed by atoms with Crippen molar-refractivity contribution in [2.75, 3.05) is 0 Å². The molecule has 0 spiro atoms. The van der Waals surface area contributed by atoms with Crippen molar-refractivity contribution in [1.29, 1.82) is 0 Å².